The molecule has 2 heterocycles. The van der Waals surface area contributed by atoms with E-state index in [-0.39, 0.29) is 11.7 Å². The second kappa shape index (κ2) is 9.62. The number of thioether (sulfide) groups is 1. The van der Waals surface area contributed by atoms with Gasteiger partial charge in [-0.1, -0.05) is 29.4 Å². The Morgan fingerprint density at radius 2 is 1.87 bits per heavy atom. The van der Waals surface area contributed by atoms with Gasteiger partial charge in [-0.15, -0.1) is 10.2 Å². The zero-order chi connectivity index (χ0) is 21.8. The molecular weight excluding hydrogens is 436 g/mol. The molecular formula is C22H23ClN4O3S. The van der Waals surface area contributed by atoms with E-state index < -0.39 is 0 Å². The second-order valence-electron chi connectivity index (χ2n) is 7.05. The van der Waals surface area contributed by atoms with Crippen molar-refractivity contribution < 1.29 is 14.3 Å². The van der Waals surface area contributed by atoms with E-state index in [4.69, 9.17) is 21.1 Å². The van der Waals surface area contributed by atoms with Crippen molar-refractivity contribution in [3.63, 3.8) is 0 Å². The lowest BCUT2D eigenvalue weighted by Gasteiger charge is -2.23. The van der Waals surface area contributed by atoms with Gasteiger partial charge in [0.25, 0.3) is 0 Å². The van der Waals surface area contributed by atoms with Crippen LogP contribution in [0, 0.1) is 0 Å². The first-order valence-corrected chi connectivity index (χ1v) is 11.4. The normalized spacial score (nSPS) is 12.6. The van der Waals surface area contributed by atoms with Crippen molar-refractivity contribution in [2.45, 2.75) is 18.6 Å². The van der Waals surface area contributed by atoms with Gasteiger partial charge in [0.1, 0.15) is 13.2 Å². The second-order valence-corrected chi connectivity index (χ2v) is 8.43. The van der Waals surface area contributed by atoms with E-state index in [1.165, 1.54) is 11.8 Å². The molecule has 0 N–H and O–H groups in total. The minimum absolute atomic E-state index is 0.0402. The predicted octanol–water partition coefficient (Wildman–Crippen LogP) is 4.05. The van der Waals surface area contributed by atoms with Crippen LogP contribution in [0.3, 0.4) is 0 Å². The Morgan fingerprint density at radius 1 is 1.13 bits per heavy atom. The number of halogens is 1. The summed E-state index contributed by atoms with van der Waals surface area (Å²) in [6, 6.07) is 13.2. The van der Waals surface area contributed by atoms with Gasteiger partial charge in [-0.05, 0) is 48.9 Å². The number of nitrogens with zero attached hydrogens (tertiary/aromatic N) is 4. The van der Waals surface area contributed by atoms with Crippen LogP contribution in [-0.4, -0.2) is 51.1 Å². The molecule has 3 aromatic rings. The molecule has 0 bridgehead atoms. The quantitative estimate of drug-likeness (QED) is 0.497. The molecule has 7 nitrogen and oxygen atoms in total. The smallest absolute Gasteiger partial charge is 0.233 e. The molecule has 1 aliphatic rings. The van der Waals surface area contributed by atoms with Gasteiger partial charge in [-0.3, -0.25) is 4.79 Å². The van der Waals surface area contributed by atoms with Gasteiger partial charge in [0.15, 0.2) is 22.5 Å². The van der Waals surface area contributed by atoms with Crippen molar-refractivity contribution in [3.8, 4) is 22.9 Å². The van der Waals surface area contributed by atoms with Crippen LogP contribution in [0.4, 0.5) is 0 Å². The summed E-state index contributed by atoms with van der Waals surface area (Å²) >= 11 is 7.34. The molecule has 1 amide bonds. The fourth-order valence-corrected chi connectivity index (χ4v) is 4.23. The first-order valence-electron chi connectivity index (χ1n) is 9.99. The SMILES string of the molecule is CCN(Cc1ccc2c(c1)OCCO2)C(=O)CSc1nnc(-c2ccc(Cl)cc2)n1C. The lowest BCUT2D eigenvalue weighted by molar-refractivity contribution is -0.128. The number of hydrogen-bond acceptors (Lipinski definition) is 6. The highest BCUT2D eigenvalue weighted by Crippen LogP contribution is 2.31. The van der Waals surface area contributed by atoms with E-state index in [9.17, 15) is 4.79 Å². The molecule has 0 saturated heterocycles. The third-order valence-corrected chi connectivity index (χ3v) is 6.23. The molecule has 0 unspecified atom stereocenters. The van der Waals surface area contributed by atoms with Crippen molar-refractivity contribution >= 4 is 29.3 Å². The molecule has 0 aliphatic carbocycles. The summed E-state index contributed by atoms with van der Waals surface area (Å²) < 4.78 is 13.1. The van der Waals surface area contributed by atoms with E-state index in [1.54, 1.807) is 0 Å². The van der Waals surface area contributed by atoms with Gasteiger partial charge in [-0.25, -0.2) is 0 Å². The zero-order valence-corrected chi connectivity index (χ0v) is 18.9. The minimum atomic E-state index is 0.0402. The highest BCUT2D eigenvalue weighted by Gasteiger charge is 2.18. The molecule has 2 aromatic carbocycles. The average Bonchev–Trinajstić information content (AvgIpc) is 3.16. The third kappa shape index (κ3) is 4.97. The maximum absolute atomic E-state index is 12.8. The first-order chi connectivity index (χ1) is 15.0. The van der Waals surface area contributed by atoms with Crippen LogP contribution in [0.5, 0.6) is 11.5 Å². The maximum Gasteiger partial charge on any atom is 0.233 e. The van der Waals surface area contributed by atoms with Crippen LogP contribution in [0.25, 0.3) is 11.4 Å². The minimum Gasteiger partial charge on any atom is -0.486 e. The highest BCUT2D eigenvalue weighted by molar-refractivity contribution is 7.99. The first kappa shape index (κ1) is 21.5. The maximum atomic E-state index is 12.8. The van der Waals surface area contributed by atoms with Crippen molar-refractivity contribution in [3.05, 3.63) is 53.1 Å². The van der Waals surface area contributed by atoms with Crippen LogP contribution in [-0.2, 0) is 18.4 Å². The standard InChI is InChI=1S/C22H23ClN4O3S/c1-3-27(13-15-4-9-18-19(12-15)30-11-10-29-18)20(28)14-31-22-25-24-21(26(22)2)16-5-7-17(23)8-6-16/h4-9,12H,3,10-11,13-14H2,1-2H3. The molecule has 1 aromatic heterocycles. The molecule has 0 atom stereocenters. The zero-order valence-electron chi connectivity index (χ0n) is 17.4. The summed E-state index contributed by atoms with van der Waals surface area (Å²) in [4.78, 5) is 14.7. The topological polar surface area (TPSA) is 69.5 Å². The number of hydrogen-bond donors (Lipinski definition) is 0. The monoisotopic (exact) mass is 458 g/mol. The number of carbonyl (C=O) groups excluding carboxylic acids is 1. The number of aromatic nitrogens is 3. The summed E-state index contributed by atoms with van der Waals surface area (Å²) in [7, 11) is 1.89. The Kier molecular flexibility index (Phi) is 6.67. The molecule has 0 fully saturated rings. The van der Waals surface area contributed by atoms with Crippen LogP contribution >= 0.6 is 23.4 Å². The fourth-order valence-electron chi connectivity index (χ4n) is 3.29. The number of carbonyl (C=O) groups is 1. The van der Waals surface area contributed by atoms with Gasteiger partial charge in [-0.2, -0.15) is 0 Å². The fraction of sp³-hybridized carbons (Fsp3) is 0.318. The molecule has 0 saturated carbocycles. The largest absolute Gasteiger partial charge is 0.486 e. The van der Waals surface area contributed by atoms with Crippen LogP contribution in [0.15, 0.2) is 47.6 Å². The molecule has 162 valence electrons. The number of benzene rings is 2. The van der Waals surface area contributed by atoms with Gasteiger partial charge < -0.3 is 18.9 Å². The summed E-state index contributed by atoms with van der Waals surface area (Å²) in [5.74, 6) is 2.54. The molecule has 4 rings (SSSR count). The van der Waals surface area contributed by atoms with Crippen LogP contribution in [0.1, 0.15) is 12.5 Å². The number of amides is 1. The highest BCUT2D eigenvalue weighted by atomic mass is 35.5. The van der Waals surface area contributed by atoms with Crippen molar-refractivity contribution in [1.29, 1.82) is 0 Å². The van der Waals surface area contributed by atoms with E-state index in [0.29, 0.717) is 36.5 Å². The summed E-state index contributed by atoms with van der Waals surface area (Å²) in [6.07, 6.45) is 0. The van der Waals surface area contributed by atoms with E-state index >= 15 is 0 Å². The number of rotatable bonds is 7. The third-order valence-electron chi connectivity index (χ3n) is 4.98. The number of ether oxygens (including phenoxy) is 2. The lowest BCUT2D eigenvalue weighted by atomic mass is 10.2. The van der Waals surface area contributed by atoms with Crippen molar-refractivity contribution in [2.75, 3.05) is 25.5 Å². The Bertz CT molecular complexity index is 1070. The molecule has 0 spiro atoms. The Labute approximate surface area is 190 Å². The van der Waals surface area contributed by atoms with Gasteiger partial charge in [0, 0.05) is 30.7 Å². The number of fused-ring (bicyclic) bond motifs is 1. The van der Waals surface area contributed by atoms with Crippen LogP contribution in [0.2, 0.25) is 5.02 Å². The summed E-state index contributed by atoms with van der Waals surface area (Å²) in [5, 5.41) is 9.87. The predicted molar refractivity (Wildman–Crippen MR) is 121 cm³/mol. The summed E-state index contributed by atoms with van der Waals surface area (Å²) in [6.45, 7) is 4.20. The van der Waals surface area contributed by atoms with Gasteiger partial charge in [0.2, 0.25) is 5.91 Å². The molecule has 1 aliphatic heterocycles. The molecule has 0 radical (unpaired) electrons. The van der Waals surface area contributed by atoms with Crippen LogP contribution < -0.4 is 9.47 Å². The molecule has 31 heavy (non-hydrogen) atoms. The Hall–Kier alpha value is -2.71. The Morgan fingerprint density at radius 3 is 2.61 bits per heavy atom. The van der Waals surface area contributed by atoms with Gasteiger partial charge in [0.05, 0.1) is 5.75 Å². The summed E-state index contributed by atoms with van der Waals surface area (Å²) in [5.41, 5.74) is 1.93. The van der Waals surface area contributed by atoms with E-state index in [0.717, 1.165) is 28.5 Å². The molecule has 9 heteroatoms. The van der Waals surface area contributed by atoms with Crippen molar-refractivity contribution in [1.82, 2.24) is 19.7 Å². The van der Waals surface area contributed by atoms with E-state index in [2.05, 4.69) is 10.2 Å². The van der Waals surface area contributed by atoms with E-state index in [1.807, 2.05) is 65.9 Å². The lowest BCUT2D eigenvalue weighted by Crippen LogP contribution is -2.31. The Balaban J connectivity index is 1.39. The average molecular weight is 459 g/mol. The van der Waals surface area contributed by atoms with Gasteiger partial charge >= 0.3 is 0 Å². The van der Waals surface area contributed by atoms with Crippen molar-refractivity contribution in [2.24, 2.45) is 7.05 Å².